The Bertz CT molecular complexity index is 781. The number of aromatic carboxylic acids is 1. The summed E-state index contributed by atoms with van der Waals surface area (Å²) in [6.07, 6.45) is 3.66. The lowest BCUT2D eigenvalue weighted by atomic mass is 10.2. The number of fused-ring (bicyclic) bond motifs is 1. The first-order chi connectivity index (χ1) is 10.1. The maximum absolute atomic E-state index is 13.3. The van der Waals surface area contributed by atoms with Crippen LogP contribution in [-0.4, -0.2) is 20.5 Å². The second kappa shape index (κ2) is 5.24. The van der Waals surface area contributed by atoms with Crippen LogP contribution >= 0.6 is 0 Å². The molecular weight excluding hydrogens is 275 g/mol. The van der Waals surface area contributed by atoms with E-state index in [1.807, 2.05) is 28.8 Å². The van der Waals surface area contributed by atoms with Gasteiger partial charge in [-0.05, 0) is 24.3 Å². The minimum atomic E-state index is -1.20. The van der Waals surface area contributed by atoms with Crippen molar-refractivity contribution in [3.05, 3.63) is 65.9 Å². The number of carboxylic acids is 1. The van der Waals surface area contributed by atoms with Gasteiger partial charge >= 0.3 is 5.97 Å². The lowest BCUT2D eigenvalue weighted by Gasteiger charge is -2.05. The summed E-state index contributed by atoms with van der Waals surface area (Å²) >= 11 is 0. The van der Waals surface area contributed by atoms with Gasteiger partial charge in [-0.3, -0.25) is 0 Å². The third-order valence-electron chi connectivity index (χ3n) is 2.92. The maximum Gasteiger partial charge on any atom is 0.335 e. The molecule has 0 atom stereocenters. The molecule has 21 heavy (non-hydrogen) atoms. The number of ether oxygens (including phenoxy) is 1. The maximum atomic E-state index is 13.3. The van der Waals surface area contributed by atoms with Crippen LogP contribution in [0.25, 0.3) is 5.65 Å². The second-order valence-corrected chi connectivity index (χ2v) is 4.47. The molecule has 0 amide bonds. The minimum absolute atomic E-state index is 0.129. The first kappa shape index (κ1) is 13.1. The monoisotopic (exact) mass is 286 g/mol. The van der Waals surface area contributed by atoms with Crippen LogP contribution in [-0.2, 0) is 6.61 Å². The van der Waals surface area contributed by atoms with Gasteiger partial charge in [0.2, 0.25) is 0 Å². The zero-order valence-electron chi connectivity index (χ0n) is 10.9. The highest BCUT2D eigenvalue weighted by molar-refractivity contribution is 5.88. The summed E-state index contributed by atoms with van der Waals surface area (Å²) < 4.78 is 20.6. The fourth-order valence-electron chi connectivity index (χ4n) is 1.98. The van der Waals surface area contributed by atoms with Crippen LogP contribution in [0.1, 0.15) is 16.1 Å². The van der Waals surface area contributed by atoms with E-state index >= 15 is 0 Å². The topological polar surface area (TPSA) is 63.8 Å². The summed E-state index contributed by atoms with van der Waals surface area (Å²) in [5.74, 6) is -1.70. The molecule has 0 aliphatic rings. The predicted molar refractivity (Wildman–Crippen MR) is 72.9 cm³/mol. The molecule has 1 aromatic carbocycles. The summed E-state index contributed by atoms with van der Waals surface area (Å²) in [5, 5.41) is 8.88. The normalized spacial score (nSPS) is 10.7. The Morgan fingerprint density at radius 2 is 2.19 bits per heavy atom. The molecule has 3 rings (SSSR count). The molecule has 2 heterocycles. The highest BCUT2D eigenvalue weighted by Crippen LogP contribution is 2.18. The molecular formula is C15H11FN2O3. The van der Waals surface area contributed by atoms with E-state index in [1.54, 1.807) is 6.20 Å². The first-order valence-corrected chi connectivity index (χ1v) is 6.21. The molecule has 0 radical (unpaired) electrons. The molecule has 6 heteroatoms. The molecule has 106 valence electrons. The number of rotatable bonds is 4. The molecule has 0 saturated heterocycles. The van der Waals surface area contributed by atoms with Crippen molar-refractivity contribution in [3.63, 3.8) is 0 Å². The van der Waals surface area contributed by atoms with Crippen molar-refractivity contribution in [2.75, 3.05) is 0 Å². The molecule has 0 spiro atoms. The number of halogens is 1. The van der Waals surface area contributed by atoms with Crippen LogP contribution in [0.3, 0.4) is 0 Å². The van der Waals surface area contributed by atoms with E-state index in [-0.39, 0.29) is 17.9 Å². The van der Waals surface area contributed by atoms with E-state index in [2.05, 4.69) is 4.98 Å². The van der Waals surface area contributed by atoms with Crippen molar-refractivity contribution in [2.45, 2.75) is 6.61 Å². The van der Waals surface area contributed by atoms with Gasteiger partial charge < -0.3 is 14.2 Å². The SMILES string of the molecule is O=C(O)c1cc(F)cc(OCc2cn3ccccc3n2)c1. The Morgan fingerprint density at radius 1 is 1.33 bits per heavy atom. The highest BCUT2D eigenvalue weighted by atomic mass is 19.1. The number of aromatic nitrogens is 2. The number of pyridine rings is 1. The number of imidazole rings is 1. The van der Waals surface area contributed by atoms with Gasteiger partial charge in [-0.1, -0.05) is 6.07 Å². The van der Waals surface area contributed by atoms with Crippen molar-refractivity contribution in [1.29, 1.82) is 0 Å². The predicted octanol–water partition coefficient (Wildman–Crippen LogP) is 2.75. The Balaban J connectivity index is 1.79. The first-order valence-electron chi connectivity index (χ1n) is 6.21. The highest BCUT2D eigenvalue weighted by Gasteiger charge is 2.09. The summed E-state index contributed by atoms with van der Waals surface area (Å²) in [5.41, 5.74) is 1.30. The van der Waals surface area contributed by atoms with Gasteiger partial charge in [-0.25, -0.2) is 14.2 Å². The number of benzene rings is 1. The number of hydrogen-bond donors (Lipinski definition) is 1. The van der Waals surface area contributed by atoms with E-state index in [4.69, 9.17) is 9.84 Å². The fourth-order valence-corrected chi connectivity index (χ4v) is 1.98. The standard InChI is InChI=1S/C15H11FN2O3/c16-11-5-10(15(19)20)6-13(7-11)21-9-12-8-18-4-2-1-3-14(18)17-12/h1-8H,9H2,(H,19,20). The average molecular weight is 286 g/mol. The van der Waals surface area contributed by atoms with Gasteiger partial charge in [-0.15, -0.1) is 0 Å². The molecule has 1 N–H and O–H groups in total. The number of carbonyl (C=O) groups is 1. The summed E-state index contributed by atoms with van der Waals surface area (Å²) in [6, 6.07) is 8.97. The Kier molecular flexibility index (Phi) is 3.27. The van der Waals surface area contributed by atoms with Gasteiger partial charge in [-0.2, -0.15) is 0 Å². The zero-order chi connectivity index (χ0) is 14.8. The Morgan fingerprint density at radius 3 is 2.95 bits per heavy atom. The van der Waals surface area contributed by atoms with Crippen LogP contribution in [0.15, 0.2) is 48.8 Å². The van der Waals surface area contributed by atoms with E-state index < -0.39 is 11.8 Å². The van der Waals surface area contributed by atoms with E-state index in [0.717, 1.165) is 17.8 Å². The third-order valence-corrected chi connectivity index (χ3v) is 2.92. The molecule has 0 unspecified atom stereocenters. The summed E-state index contributed by atoms with van der Waals surface area (Å²) in [6.45, 7) is 0.129. The lowest BCUT2D eigenvalue weighted by molar-refractivity contribution is 0.0695. The quantitative estimate of drug-likeness (QED) is 0.801. The average Bonchev–Trinajstić information content (AvgIpc) is 2.87. The number of nitrogens with zero attached hydrogens (tertiary/aromatic N) is 2. The largest absolute Gasteiger partial charge is 0.487 e. The van der Waals surface area contributed by atoms with Crippen molar-refractivity contribution >= 4 is 11.6 Å². The molecule has 0 fully saturated rings. The van der Waals surface area contributed by atoms with E-state index in [0.29, 0.717) is 5.69 Å². The molecule has 0 saturated carbocycles. The van der Waals surface area contributed by atoms with Crippen molar-refractivity contribution in [2.24, 2.45) is 0 Å². The fraction of sp³-hybridized carbons (Fsp3) is 0.0667. The molecule has 0 aliphatic heterocycles. The van der Waals surface area contributed by atoms with Gasteiger partial charge in [0.1, 0.15) is 23.8 Å². The molecule has 3 aromatic rings. The Hall–Kier alpha value is -2.89. The third kappa shape index (κ3) is 2.84. The van der Waals surface area contributed by atoms with Crippen LogP contribution in [0.5, 0.6) is 5.75 Å². The van der Waals surface area contributed by atoms with E-state index in [1.165, 1.54) is 6.07 Å². The second-order valence-electron chi connectivity index (χ2n) is 4.47. The number of carboxylic acid groups (broad SMARTS) is 1. The molecule has 0 aliphatic carbocycles. The van der Waals surface area contributed by atoms with Crippen LogP contribution in [0, 0.1) is 5.82 Å². The van der Waals surface area contributed by atoms with Crippen LogP contribution in [0.2, 0.25) is 0 Å². The Labute approximate surface area is 119 Å². The van der Waals surface area contributed by atoms with Crippen molar-refractivity contribution in [1.82, 2.24) is 9.38 Å². The van der Waals surface area contributed by atoms with Crippen LogP contribution in [0.4, 0.5) is 4.39 Å². The number of hydrogen-bond acceptors (Lipinski definition) is 3. The van der Waals surface area contributed by atoms with Crippen LogP contribution < -0.4 is 4.74 Å². The molecule has 2 aromatic heterocycles. The lowest BCUT2D eigenvalue weighted by Crippen LogP contribution is -2.00. The van der Waals surface area contributed by atoms with Gasteiger partial charge in [0.25, 0.3) is 0 Å². The van der Waals surface area contributed by atoms with Crippen molar-refractivity contribution in [3.8, 4) is 5.75 Å². The molecule has 0 bridgehead atoms. The van der Waals surface area contributed by atoms with Gasteiger partial charge in [0, 0.05) is 18.5 Å². The zero-order valence-corrected chi connectivity index (χ0v) is 10.9. The summed E-state index contributed by atoms with van der Waals surface area (Å²) in [7, 11) is 0. The van der Waals surface area contributed by atoms with Crippen molar-refractivity contribution < 1.29 is 19.0 Å². The molecule has 5 nitrogen and oxygen atoms in total. The van der Waals surface area contributed by atoms with Gasteiger partial charge in [0.15, 0.2) is 0 Å². The summed E-state index contributed by atoms with van der Waals surface area (Å²) in [4.78, 5) is 15.2. The van der Waals surface area contributed by atoms with Gasteiger partial charge in [0.05, 0.1) is 11.3 Å². The minimum Gasteiger partial charge on any atom is -0.487 e. The smallest absolute Gasteiger partial charge is 0.335 e. The van der Waals surface area contributed by atoms with E-state index in [9.17, 15) is 9.18 Å².